The number of aryl methyl sites for hydroxylation is 1. The number of aromatic nitrogens is 1. The van der Waals surface area contributed by atoms with Gasteiger partial charge in [-0.05, 0) is 36.3 Å². The molecule has 0 saturated carbocycles. The van der Waals surface area contributed by atoms with Crippen LogP contribution in [0, 0.1) is 6.92 Å². The number of thiazole rings is 1. The second kappa shape index (κ2) is 8.10. The minimum Gasteiger partial charge on any atom is -0.298 e. The van der Waals surface area contributed by atoms with Crippen LogP contribution in [-0.4, -0.2) is 10.9 Å². The predicted molar refractivity (Wildman–Crippen MR) is 105 cm³/mol. The number of amides is 1. The van der Waals surface area contributed by atoms with E-state index in [-0.39, 0.29) is 5.91 Å². The van der Waals surface area contributed by atoms with Crippen molar-refractivity contribution < 1.29 is 4.79 Å². The highest BCUT2D eigenvalue weighted by Crippen LogP contribution is 2.22. The van der Waals surface area contributed by atoms with E-state index in [2.05, 4.69) is 10.3 Å². The molecular weight excluding hydrogens is 352 g/mol. The first-order valence-corrected chi connectivity index (χ1v) is 9.03. The summed E-state index contributed by atoms with van der Waals surface area (Å²) in [4.78, 5) is 17.4. The lowest BCUT2D eigenvalue weighted by molar-refractivity contribution is -0.111. The minimum atomic E-state index is -0.190. The maximum absolute atomic E-state index is 12.0. The third kappa shape index (κ3) is 5.28. The number of carbonyl (C=O) groups is 1. The van der Waals surface area contributed by atoms with Gasteiger partial charge in [0.15, 0.2) is 5.13 Å². The van der Waals surface area contributed by atoms with Crippen LogP contribution in [0.15, 0.2) is 60.8 Å². The van der Waals surface area contributed by atoms with Crippen LogP contribution in [0.3, 0.4) is 0 Å². The van der Waals surface area contributed by atoms with Crippen molar-refractivity contribution in [3.8, 4) is 0 Å². The fourth-order valence-electron chi connectivity index (χ4n) is 2.39. The van der Waals surface area contributed by atoms with Crippen LogP contribution in [-0.2, 0) is 11.2 Å². The molecule has 0 fully saturated rings. The molecule has 1 N–H and O–H groups in total. The molecule has 0 unspecified atom stereocenters. The number of carbonyl (C=O) groups excluding carboxylic acids is 1. The van der Waals surface area contributed by atoms with Gasteiger partial charge in [-0.15, -0.1) is 11.3 Å². The molecule has 0 aliphatic heterocycles. The Morgan fingerprint density at radius 1 is 1.24 bits per heavy atom. The zero-order valence-corrected chi connectivity index (χ0v) is 15.3. The molecular formula is C20H17ClN2OS. The highest BCUT2D eigenvalue weighted by Gasteiger charge is 2.06. The molecule has 0 bridgehead atoms. The molecule has 0 saturated heterocycles. The molecule has 3 nitrogen and oxygen atoms in total. The molecule has 0 radical (unpaired) electrons. The smallest absolute Gasteiger partial charge is 0.250 e. The van der Waals surface area contributed by atoms with Crippen LogP contribution < -0.4 is 5.32 Å². The van der Waals surface area contributed by atoms with Crippen LogP contribution in [0.1, 0.15) is 21.6 Å². The van der Waals surface area contributed by atoms with E-state index < -0.39 is 0 Å². The van der Waals surface area contributed by atoms with Gasteiger partial charge in [0.2, 0.25) is 5.91 Å². The largest absolute Gasteiger partial charge is 0.298 e. The van der Waals surface area contributed by atoms with Gasteiger partial charge in [-0.25, -0.2) is 4.98 Å². The normalized spacial score (nSPS) is 11.0. The Kier molecular flexibility index (Phi) is 5.64. The molecule has 0 aliphatic carbocycles. The molecule has 0 aliphatic rings. The van der Waals surface area contributed by atoms with E-state index in [0.717, 1.165) is 33.0 Å². The molecule has 3 aromatic rings. The molecule has 0 spiro atoms. The minimum absolute atomic E-state index is 0.190. The Balaban J connectivity index is 1.60. The van der Waals surface area contributed by atoms with Crippen LogP contribution in [0.25, 0.3) is 6.08 Å². The fourth-order valence-corrected chi connectivity index (χ4v) is 3.45. The van der Waals surface area contributed by atoms with E-state index >= 15 is 0 Å². The monoisotopic (exact) mass is 368 g/mol. The summed E-state index contributed by atoms with van der Waals surface area (Å²) >= 11 is 7.47. The summed E-state index contributed by atoms with van der Waals surface area (Å²) in [5.41, 5.74) is 3.28. The van der Waals surface area contributed by atoms with Crippen molar-refractivity contribution in [1.29, 1.82) is 0 Å². The number of hydrogen-bond acceptors (Lipinski definition) is 3. The maximum Gasteiger partial charge on any atom is 0.250 e. The van der Waals surface area contributed by atoms with Crippen molar-refractivity contribution in [3.63, 3.8) is 0 Å². The van der Waals surface area contributed by atoms with E-state index in [0.29, 0.717) is 5.13 Å². The van der Waals surface area contributed by atoms with Gasteiger partial charge in [0.25, 0.3) is 0 Å². The Morgan fingerprint density at radius 3 is 2.88 bits per heavy atom. The van der Waals surface area contributed by atoms with Crippen LogP contribution in [0.2, 0.25) is 5.02 Å². The maximum atomic E-state index is 12.0. The number of benzene rings is 2. The first kappa shape index (κ1) is 17.4. The van der Waals surface area contributed by atoms with Crippen LogP contribution in [0.4, 0.5) is 5.13 Å². The average molecular weight is 369 g/mol. The summed E-state index contributed by atoms with van der Waals surface area (Å²) in [6, 6.07) is 15.7. The summed E-state index contributed by atoms with van der Waals surface area (Å²) in [5.74, 6) is -0.190. The van der Waals surface area contributed by atoms with Gasteiger partial charge in [0.05, 0.1) is 0 Å². The summed E-state index contributed by atoms with van der Waals surface area (Å²) in [6.45, 7) is 2.02. The topological polar surface area (TPSA) is 42.0 Å². The highest BCUT2D eigenvalue weighted by atomic mass is 35.5. The lowest BCUT2D eigenvalue weighted by Gasteiger charge is -1.99. The number of nitrogens with zero attached hydrogens (tertiary/aromatic N) is 1. The van der Waals surface area contributed by atoms with Gasteiger partial charge in [-0.3, -0.25) is 10.1 Å². The summed E-state index contributed by atoms with van der Waals surface area (Å²) < 4.78 is 0. The standard InChI is InChI=1S/C20H17ClN2OS/c1-14-4-2-5-15(10-14)8-9-19(24)23-20-22-13-18(25-20)12-16-6-3-7-17(21)11-16/h2-11,13H,12H2,1H3,(H,22,23,24)/b9-8-. The zero-order chi connectivity index (χ0) is 17.6. The van der Waals surface area contributed by atoms with E-state index in [4.69, 9.17) is 11.6 Å². The SMILES string of the molecule is Cc1cccc(/C=C\C(=O)Nc2ncc(Cc3cccc(Cl)c3)s2)c1. The van der Waals surface area contributed by atoms with Crippen molar-refractivity contribution in [3.05, 3.63) is 87.4 Å². The summed E-state index contributed by atoms with van der Waals surface area (Å²) in [6.07, 6.45) is 5.84. The highest BCUT2D eigenvalue weighted by molar-refractivity contribution is 7.15. The first-order chi connectivity index (χ1) is 12.1. The Labute approximate surface area is 156 Å². The molecule has 1 heterocycles. The van der Waals surface area contributed by atoms with Gasteiger partial charge < -0.3 is 0 Å². The van der Waals surface area contributed by atoms with Gasteiger partial charge in [0, 0.05) is 28.6 Å². The number of anilines is 1. The molecule has 5 heteroatoms. The third-order valence-corrected chi connectivity index (χ3v) is 4.67. The summed E-state index contributed by atoms with van der Waals surface area (Å²) in [7, 11) is 0. The van der Waals surface area contributed by atoms with E-state index in [1.54, 1.807) is 12.3 Å². The van der Waals surface area contributed by atoms with Crippen LogP contribution >= 0.6 is 22.9 Å². The second-order valence-electron chi connectivity index (χ2n) is 5.68. The lowest BCUT2D eigenvalue weighted by atomic mass is 10.1. The van der Waals surface area contributed by atoms with E-state index in [9.17, 15) is 4.79 Å². The molecule has 126 valence electrons. The second-order valence-corrected chi connectivity index (χ2v) is 7.23. The Hall–Kier alpha value is -2.43. The van der Waals surface area contributed by atoms with Gasteiger partial charge in [0.1, 0.15) is 0 Å². The molecule has 3 rings (SSSR count). The Bertz CT molecular complexity index is 917. The van der Waals surface area contributed by atoms with Crippen molar-refractivity contribution in [2.24, 2.45) is 0 Å². The van der Waals surface area contributed by atoms with Crippen molar-refractivity contribution in [2.45, 2.75) is 13.3 Å². The molecule has 1 amide bonds. The van der Waals surface area contributed by atoms with Gasteiger partial charge >= 0.3 is 0 Å². The zero-order valence-electron chi connectivity index (χ0n) is 13.7. The van der Waals surface area contributed by atoms with E-state index in [1.165, 1.54) is 17.4 Å². The van der Waals surface area contributed by atoms with Crippen LogP contribution in [0.5, 0.6) is 0 Å². The predicted octanol–water partition coefficient (Wildman–Crippen LogP) is 5.35. The molecule has 1 aromatic heterocycles. The van der Waals surface area contributed by atoms with Crippen molar-refractivity contribution in [2.75, 3.05) is 5.32 Å². The van der Waals surface area contributed by atoms with Crippen molar-refractivity contribution in [1.82, 2.24) is 4.98 Å². The fraction of sp³-hybridized carbons (Fsp3) is 0.100. The first-order valence-electron chi connectivity index (χ1n) is 7.83. The Morgan fingerprint density at radius 2 is 2.08 bits per heavy atom. The number of hydrogen-bond donors (Lipinski definition) is 1. The van der Waals surface area contributed by atoms with Gasteiger partial charge in [-0.2, -0.15) is 0 Å². The third-order valence-electron chi connectivity index (χ3n) is 3.52. The molecule has 25 heavy (non-hydrogen) atoms. The lowest BCUT2D eigenvalue weighted by Crippen LogP contribution is -2.07. The number of nitrogens with one attached hydrogen (secondary N) is 1. The number of rotatable bonds is 5. The van der Waals surface area contributed by atoms with Gasteiger partial charge in [-0.1, -0.05) is 53.6 Å². The van der Waals surface area contributed by atoms with Crippen molar-refractivity contribution >= 4 is 40.1 Å². The molecule has 2 aromatic carbocycles. The molecule has 0 atom stereocenters. The quantitative estimate of drug-likeness (QED) is 0.617. The summed E-state index contributed by atoms with van der Waals surface area (Å²) in [5, 5.41) is 4.11. The van der Waals surface area contributed by atoms with E-state index in [1.807, 2.05) is 55.5 Å². The average Bonchev–Trinajstić information content (AvgIpc) is 3.00. The number of halogens is 1.